The fraction of sp³-hybridized carbons (Fsp3) is 0.333. The number of nitrogens with two attached hydrogens (primary N) is 1. The topological polar surface area (TPSA) is 44.5 Å². The number of hydrogen-bond donors (Lipinski definition) is 1. The van der Waals surface area contributed by atoms with Gasteiger partial charge in [0.15, 0.2) is 0 Å². The monoisotopic (exact) mass is 285 g/mol. The zero-order valence-electron chi connectivity index (χ0n) is 13.1. The second-order valence-electron chi connectivity index (χ2n) is 5.41. The van der Waals surface area contributed by atoms with Gasteiger partial charge in [0.1, 0.15) is 18.1 Å². The highest BCUT2D eigenvalue weighted by Crippen LogP contribution is 2.26. The Bertz CT molecular complexity index is 623. The Hall–Kier alpha value is -2.00. The Balaban J connectivity index is 2.09. The van der Waals surface area contributed by atoms with Gasteiger partial charge in [0.25, 0.3) is 0 Å². The van der Waals surface area contributed by atoms with Crippen molar-refractivity contribution in [2.75, 3.05) is 13.7 Å². The molecule has 2 aromatic rings. The molecule has 3 nitrogen and oxygen atoms in total. The first-order chi connectivity index (χ1) is 10.0. The van der Waals surface area contributed by atoms with Crippen LogP contribution in [0.2, 0.25) is 0 Å². The molecule has 0 amide bonds. The van der Waals surface area contributed by atoms with Crippen molar-refractivity contribution in [3.05, 3.63) is 58.7 Å². The van der Waals surface area contributed by atoms with Gasteiger partial charge >= 0.3 is 0 Å². The van der Waals surface area contributed by atoms with E-state index in [0.29, 0.717) is 6.61 Å². The predicted octanol–water partition coefficient (Wildman–Crippen LogP) is 3.70. The summed E-state index contributed by atoms with van der Waals surface area (Å²) >= 11 is 0. The van der Waals surface area contributed by atoms with Gasteiger partial charge in [0, 0.05) is 5.56 Å². The highest BCUT2D eigenvalue weighted by molar-refractivity contribution is 5.39. The van der Waals surface area contributed by atoms with Crippen molar-refractivity contribution >= 4 is 0 Å². The molecule has 2 N–H and O–H groups in total. The average Bonchev–Trinajstić information content (AvgIpc) is 2.48. The lowest BCUT2D eigenvalue weighted by Crippen LogP contribution is -2.20. The standard InChI is InChI=1S/C18H23NO2/c1-12-5-8-18(20-4)16(9-12)17(19)11-21-15-7-6-13(2)14(3)10-15/h5-10,17H,11,19H2,1-4H3. The summed E-state index contributed by atoms with van der Waals surface area (Å²) in [5.41, 5.74) is 10.9. The molecule has 0 fully saturated rings. The predicted molar refractivity (Wildman–Crippen MR) is 86.1 cm³/mol. The Kier molecular flexibility index (Phi) is 4.86. The highest BCUT2D eigenvalue weighted by atomic mass is 16.5. The molecule has 0 aliphatic heterocycles. The lowest BCUT2D eigenvalue weighted by atomic mass is 10.0. The minimum absolute atomic E-state index is 0.221. The summed E-state index contributed by atoms with van der Waals surface area (Å²) in [6.07, 6.45) is 0. The summed E-state index contributed by atoms with van der Waals surface area (Å²) in [4.78, 5) is 0. The van der Waals surface area contributed by atoms with Crippen molar-refractivity contribution < 1.29 is 9.47 Å². The first kappa shape index (κ1) is 15.4. The van der Waals surface area contributed by atoms with Crippen LogP contribution in [-0.4, -0.2) is 13.7 Å². The lowest BCUT2D eigenvalue weighted by Gasteiger charge is -2.17. The molecule has 1 unspecified atom stereocenters. The molecule has 0 aliphatic carbocycles. The molecular formula is C18H23NO2. The second kappa shape index (κ2) is 6.64. The zero-order chi connectivity index (χ0) is 15.4. The zero-order valence-corrected chi connectivity index (χ0v) is 13.1. The van der Waals surface area contributed by atoms with Gasteiger partial charge in [0.2, 0.25) is 0 Å². The van der Waals surface area contributed by atoms with Crippen LogP contribution in [0.4, 0.5) is 0 Å². The maximum atomic E-state index is 6.25. The third kappa shape index (κ3) is 3.76. The summed E-state index contributed by atoms with van der Waals surface area (Å²) in [5.74, 6) is 1.65. The largest absolute Gasteiger partial charge is 0.496 e. The quantitative estimate of drug-likeness (QED) is 0.911. The minimum Gasteiger partial charge on any atom is -0.496 e. The van der Waals surface area contributed by atoms with E-state index in [4.69, 9.17) is 15.2 Å². The van der Waals surface area contributed by atoms with Gasteiger partial charge in [-0.2, -0.15) is 0 Å². The molecule has 0 heterocycles. The van der Waals surface area contributed by atoms with E-state index in [0.717, 1.165) is 22.6 Å². The van der Waals surface area contributed by atoms with Gasteiger partial charge in [-0.05, 0) is 50.1 Å². The first-order valence-corrected chi connectivity index (χ1v) is 7.11. The van der Waals surface area contributed by atoms with Crippen molar-refractivity contribution in [3.63, 3.8) is 0 Å². The van der Waals surface area contributed by atoms with E-state index in [1.165, 1.54) is 11.1 Å². The maximum Gasteiger partial charge on any atom is 0.123 e. The van der Waals surface area contributed by atoms with Crippen LogP contribution in [0.3, 0.4) is 0 Å². The maximum absolute atomic E-state index is 6.25. The van der Waals surface area contributed by atoms with Crippen LogP contribution in [-0.2, 0) is 0 Å². The number of rotatable bonds is 5. The normalized spacial score (nSPS) is 12.0. The molecule has 0 aromatic heterocycles. The third-order valence-corrected chi connectivity index (χ3v) is 3.69. The Morgan fingerprint density at radius 1 is 1.00 bits per heavy atom. The molecular weight excluding hydrogens is 262 g/mol. The molecule has 112 valence electrons. The minimum atomic E-state index is -0.221. The molecule has 0 saturated carbocycles. The van der Waals surface area contributed by atoms with Gasteiger partial charge in [-0.1, -0.05) is 23.8 Å². The van der Waals surface area contributed by atoms with Crippen LogP contribution in [0, 0.1) is 20.8 Å². The van der Waals surface area contributed by atoms with E-state index in [1.807, 2.05) is 37.3 Å². The number of hydrogen-bond acceptors (Lipinski definition) is 3. The fourth-order valence-electron chi connectivity index (χ4n) is 2.22. The van der Waals surface area contributed by atoms with Crippen LogP contribution >= 0.6 is 0 Å². The van der Waals surface area contributed by atoms with Gasteiger partial charge in [-0.3, -0.25) is 0 Å². The van der Waals surface area contributed by atoms with E-state index in [9.17, 15) is 0 Å². The molecule has 2 rings (SSSR count). The molecule has 21 heavy (non-hydrogen) atoms. The van der Waals surface area contributed by atoms with E-state index in [-0.39, 0.29) is 6.04 Å². The summed E-state index contributed by atoms with van der Waals surface area (Å²) < 4.78 is 11.2. The lowest BCUT2D eigenvalue weighted by molar-refractivity contribution is 0.286. The highest BCUT2D eigenvalue weighted by Gasteiger charge is 2.13. The average molecular weight is 285 g/mol. The van der Waals surface area contributed by atoms with Gasteiger partial charge in [0.05, 0.1) is 13.2 Å². The Morgan fingerprint density at radius 2 is 1.76 bits per heavy atom. The van der Waals surface area contributed by atoms with Crippen molar-refractivity contribution in [1.82, 2.24) is 0 Å². The summed E-state index contributed by atoms with van der Waals surface area (Å²) in [5, 5.41) is 0. The van der Waals surface area contributed by atoms with Gasteiger partial charge in [-0.25, -0.2) is 0 Å². The van der Waals surface area contributed by atoms with Crippen LogP contribution in [0.25, 0.3) is 0 Å². The number of benzene rings is 2. The third-order valence-electron chi connectivity index (χ3n) is 3.69. The summed E-state index contributed by atoms with van der Waals surface area (Å²) in [6.45, 7) is 6.62. The van der Waals surface area contributed by atoms with Crippen molar-refractivity contribution in [2.45, 2.75) is 26.8 Å². The van der Waals surface area contributed by atoms with Gasteiger partial charge in [-0.15, -0.1) is 0 Å². The molecule has 1 atom stereocenters. The SMILES string of the molecule is COc1ccc(C)cc1C(N)COc1ccc(C)c(C)c1. The smallest absolute Gasteiger partial charge is 0.123 e. The van der Waals surface area contributed by atoms with E-state index in [1.54, 1.807) is 7.11 Å². The van der Waals surface area contributed by atoms with E-state index < -0.39 is 0 Å². The van der Waals surface area contributed by atoms with E-state index in [2.05, 4.69) is 19.9 Å². The number of aryl methyl sites for hydroxylation is 3. The Labute approximate surface area is 126 Å². The first-order valence-electron chi connectivity index (χ1n) is 7.11. The summed E-state index contributed by atoms with van der Waals surface area (Å²) in [6, 6.07) is 11.9. The molecule has 0 spiro atoms. The summed E-state index contributed by atoms with van der Waals surface area (Å²) in [7, 11) is 1.66. The molecule has 0 saturated heterocycles. The van der Waals surface area contributed by atoms with Crippen LogP contribution in [0.1, 0.15) is 28.3 Å². The fourth-order valence-corrected chi connectivity index (χ4v) is 2.22. The second-order valence-corrected chi connectivity index (χ2v) is 5.41. The Morgan fingerprint density at radius 3 is 2.43 bits per heavy atom. The molecule has 0 aliphatic rings. The van der Waals surface area contributed by atoms with E-state index >= 15 is 0 Å². The van der Waals surface area contributed by atoms with Crippen molar-refractivity contribution in [1.29, 1.82) is 0 Å². The van der Waals surface area contributed by atoms with Crippen LogP contribution < -0.4 is 15.2 Å². The number of ether oxygens (including phenoxy) is 2. The molecule has 0 radical (unpaired) electrons. The van der Waals surface area contributed by atoms with Crippen LogP contribution in [0.15, 0.2) is 36.4 Å². The molecule has 3 heteroatoms. The van der Waals surface area contributed by atoms with Gasteiger partial charge < -0.3 is 15.2 Å². The number of methoxy groups -OCH3 is 1. The van der Waals surface area contributed by atoms with Crippen LogP contribution in [0.5, 0.6) is 11.5 Å². The molecule has 2 aromatic carbocycles. The molecule has 0 bridgehead atoms. The van der Waals surface area contributed by atoms with Crippen molar-refractivity contribution in [2.24, 2.45) is 5.73 Å². The van der Waals surface area contributed by atoms with Crippen molar-refractivity contribution in [3.8, 4) is 11.5 Å².